The van der Waals surface area contributed by atoms with Crippen molar-refractivity contribution in [2.45, 2.75) is 71.4 Å². The quantitative estimate of drug-likeness (QED) is 0.648. The molecule has 0 amide bonds. The molecule has 4 aliphatic carbocycles. The van der Waals surface area contributed by atoms with E-state index in [-0.39, 0.29) is 5.54 Å². The van der Waals surface area contributed by atoms with Gasteiger partial charge in [0.25, 0.3) is 0 Å². The molecule has 148 valence electrons. The van der Waals surface area contributed by atoms with Crippen LogP contribution < -0.4 is 10.6 Å². The number of hydrogen-bond acceptors (Lipinski definition) is 2. The number of aryl methyl sites for hydroxylation is 4. The van der Waals surface area contributed by atoms with Gasteiger partial charge in [-0.2, -0.15) is 0 Å². The maximum absolute atomic E-state index is 4.11. The Labute approximate surface area is 170 Å². The van der Waals surface area contributed by atoms with E-state index < -0.39 is 0 Å². The minimum absolute atomic E-state index is 0.187. The molecule has 2 aromatic rings. The first-order valence-corrected chi connectivity index (χ1v) is 11.1. The maximum atomic E-state index is 4.11. The van der Waals surface area contributed by atoms with Gasteiger partial charge in [0, 0.05) is 11.4 Å². The molecule has 4 fully saturated rings. The predicted molar refractivity (Wildman–Crippen MR) is 119 cm³/mol. The Bertz CT molecular complexity index is 845. The van der Waals surface area contributed by atoms with Crippen molar-refractivity contribution in [3.05, 3.63) is 58.7 Å². The maximum Gasteiger partial charge on any atom is 0.0582 e. The summed E-state index contributed by atoms with van der Waals surface area (Å²) in [6.45, 7) is 8.84. The molecule has 4 saturated carbocycles. The molecular formula is C26H34N2. The number of benzene rings is 2. The van der Waals surface area contributed by atoms with Crippen LogP contribution in [0, 0.1) is 45.4 Å². The van der Waals surface area contributed by atoms with E-state index in [1.165, 1.54) is 65.7 Å². The van der Waals surface area contributed by atoms with Crippen molar-refractivity contribution in [3.63, 3.8) is 0 Å². The van der Waals surface area contributed by atoms with Gasteiger partial charge in [0.05, 0.1) is 11.6 Å². The minimum atomic E-state index is 0.187. The van der Waals surface area contributed by atoms with E-state index in [4.69, 9.17) is 0 Å². The first-order chi connectivity index (χ1) is 13.4. The summed E-state index contributed by atoms with van der Waals surface area (Å²) in [5.41, 5.74) is 8.21. The summed E-state index contributed by atoms with van der Waals surface area (Å²) < 4.78 is 0. The third-order valence-corrected chi connectivity index (χ3v) is 7.47. The number of hydrogen-bond donors (Lipinski definition) is 2. The molecule has 3 unspecified atom stereocenters. The second-order valence-corrected chi connectivity index (χ2v) is 10.3. The first kappa shape index (κ1) is 18.1. The molecule has 2 heteroatoms. The van der Waals surface area contributed by atoms with Crippen molar-refractivity contribution in [2.24, 2.45) is 17.8 Å². The molecule has 0 spiro atoms. The Morgan fingerprint density at radius 3 is 1.71 bits per heavy atom. The normalized spacial score (nSPS) is 33.1. The lowest BCUT2D eigenvalue weighted by molar-refractivity contribution is -0.00142. The van der Waals surface area contributed by atoms with Crippen LogP contribution in [0.5, 0.6) is 0 Å². The number of nitrogens with one attached hydrogen (secondary N) is 2. The SMILES string of the molecule is Cc1cc(C)cc(NC2C3CC4CC(C3)CC2(Nc2cc(C)cc(C)c2)C4)c1. The van der Waals surface area contributed by atoms with Crippen LogP contribution in [-0.4, -0.2) is 11.6 Å². The van der Waals surface area contributed by atoms with Crippen molar-refractivity contribution >= 4 is 11.4 Å². The molecule has 0 aliphatic heterocycles. The average molecular weight is 375 g/mol. The standard InChI is InChI=1S/C26H34N2/c1-16-5-17(2)8-23(7-16)27-25-22-12-20-11-21(13-22)15-26(25,14-20)28-24-9-18(3)6-19(4)10-24/h5-10,20-22,25,27-28H,11-15H2,1-4H3. The van der Waals surface area contributed by atoms with Crippen molar-refractivity contribution in [1.29, 1.82) is 0 Å². The molecule has 0 heterocycles. The van der Waals surface area contributed by atoms with Gasteiger partial charge < -0.3 is 10.6 Å². The lowest BCUT2D eigenvalue weighted by Gasteiger charge is -2.62. The molecule has 4 bridgehead atoms. The highest BCUT2D eigenvalue weighted by molar-refractivity contribution is 5.55. The molecular weight excluding hydrogens is 340 g/mol. The zero-order chi connectivity index (χ0) is 19.5. The fourth-order valence-corrected chi connectivity index (χ4v) is 7.05. The van der Waals surface area contributed by atoms with Crippen molar-refractivity contribution in [2.75, 3.05) is 10.6 Å². The summed E-state index contributed by atoms with van der Waals surface area (Å²) in [5.74, 6) is 2.62. The van der Waals surface area contributed by atoms with E-state index in [2.05, 4.69) is 74.7 Å². The monoisotopic (exact) mass is 374 g/mol. The van der Waals surface area contributed by atoms with Crippen molar-refractivity contribution < 1.29 is 0 Å². The molecule has 2 N–H and O–H groups in total. The fraction of sp³-hybridized carbons (Fsp3) is 0.538. The highest BCUT2D eigenvalue weighted by Gasteiger charge is 2.57. The molecule has 2 aromatic carbocycles. The first-order valence-electron chi connectivity index (χ1n) is 11.1. The topological polar surface area (TPSA) is 24.1 Å². The van der Waals surface area contributed by atoms with E-state index in [1.807, 2.05) is 0 Å². The molecule has 28 heavy (non-hydrogen) atoms. The zero-order valence-corrected chi connectivity index (χ0v) is 17.8. The van der Waals surface area contributed by atoms with Gasteiger partial charge >= 0.3 is 0 Å². The van der Waals surface area contributed by atoms with E-state index in [0.29, 0.717) is 6.04 Å². The molecule has 2 nitrogen and oxygen atoms in total. The van der Waals surface area contributed by atoms with Gasteiger partial charge in [-0.1, -0.05) is 12.1 Å². The highest BCUT2D eigenvalue weighted by Crippen LogP contribution is 2.57. The number of anilines is 2. The van der Waals surface area contributed by atoms with Gasteiger partial charge in [0.1, 0.15) is 0 Å². The van der Waals surface area contributed by atoms with E-state index >= 15 is 0 Å². The van der Waals surface area contributed by atoms with Crippen LogP contribution in [0.3, 0.4) is 0 Å². The van der Waals surface area contributed by atoms with Gasteiger partial charge in [-0.05, 0) is 124 Å². The van der Waals surface area contributed by atoms with Gasteiger partial charge in [-0.15, -0.1) is 0 Å². The van der Waals surface area contributed by atoms with Crippen LogP contribution >= 0.6 is 0 Å². The van der Waals surface area contributed by atoms with Crippen LogP contribution in [0.2, 0.25) is 0 Å². The summed E-state index contributed by atoms with van der Waals surface area (Å²) in [6.07, 6.45) is 6.92. The van der Waals surface area contributed by atoms with E-state index in [9.17, 15) is 0 Å². The summed E-state index contributed by atoms with van der Waals surface area (Å²) >= 11 is 0. The summed E-state index contributed by atoms with van der Waals surface area (Å²) in [6, 6.07) is 14.4. The Morgan fingerprint density at radius 1 is 0.679 bits per heavy atom. The highest BCUT2D eigenvalue weighted by atomic mass is 15.1. The number of rotatable bonds is 4. The molecule has 4 aliphatic rings. The summed E-state index contributed by atoms with van der Waals surface area (Å²) in [7, 11) is 0. The lowest BCUT2D eigenvalue weighted by Crippen LogP contribution is -2.66. The predicted octanol–water partition coefficient (Wildman–Crippen LogP) is 6.39. The molecule has 0 radical (unpaired) electrons. The Kier molecular flexibility index (Phi) is 4.23. The van der Waals surface area contributed by atoms with Gasteiger partial charge in [-0.25, -0.2) is 0 Å². The molecule has 6 rings (SSSR count). The van der Waals surface area contributed by atoms with E-state index in [0.717, 1.165) is 17.8 Å². The zero-order valence-electron chi connectivity index (χ0n) is 17.8. The van der Waals surface area contributed by atoms with Crippen molar-refractivity contribution in [3.8, 4) is 0 Å². The van der Waals surface area contributed by atoms with Crippen LogP contribution in [-0.2, 0) is 0 Å². The summed E-state index contributed by atoms with van der Waals surface area (Å²) in [5, 5.41) is 8.14. The van der Waals surface area contributed by atoms with Gasteiger partial charge in [-0.3, -0.25) is 0 Å². The van der Waals surface area contributed by atoms with Crippen molar-refractivity contribution in [1.82, 2.24) is 0 Å². The third-order valence-electron chi connectivity index (χ3n) is 7.47. The van der Waals surface area contributed by atoms with Gasteiger partial charge in [0.15, 0.2) is 0 Å². The lowest BCUT2D eigenvalue weighted by atomic mass is 9.50. The fourth-order valence-electron chi connectivity index (χ4n) is 7.05. The van der Waals surface area contributed by atoms with Crippen LogP contribution in [0.4, 0.5) is 11.4 Å². The van der Waals surface area contributed by atoms with Crippen LogP contribution in [0.25, 0.3) is 0 Å². The summed E-state index contributed by atoms with van der Waals surface area (Å²) in [4.78, 5) is 0. The molecule has 3 atom stereocenters. The largest absolute Gasteiger partial charge is 0.380 e. The third kappa shape index (κ3) is 3.21. The van der Waals surface area contributed by atoms with Crippen LogP contribution in [0.15, 0.2) is 36.4 Å². The average Bonchev–Trinajstić information content (AvgIpc) is 2.55. The van der Waals surface area contributed by atoms with E-state index in [1.54, 1.807) is 0 Å². The Hall–Kier alpha value is -1.96. The second-order valence-electron chi connectivity index (χ2n) is 10.3. The van der Waals surface area contributed by atoms with Crippen LogP contribution in [0.1, 0.15) is 54.4 Å². The molecule has 0 aromatic heterocycles. The smallest absolute Gasteiger partial charge is 0.0582 e. The van der Waals surface area contributed by atoms with Gasteiger partial charge in [0.2, 0.25) is 0 Å². The molecule has 0 saturated heterocycles. The second kappa shape index (κ2) is 6.54. The minimum Gasteiger partial charge on any atom is -0.380 e. The Morgan fingerprint density at radius 2 is 1.18 bits per heavy atom. The Balaban J connectivity index is 1.50.